The lowest BCUT2D eigenvalue weighted by Gasteiger charge is -2.62. The standard InChI is InChI=1S/C28H46O4.H3N/c1-16(2)14-19-23-15-18(29)10-12-28(23,5)22-11-13-27(4)20(17(3)6-9-24(30)31)7-8-21(27)25(22)26(19)32;/h16-23,25,29H,6-15H2,1-5H3,(H,30,31);1H3/t17-,18-,19+,20-,21+,22+,23+,25+,27-,28-;/m1./s1. The van der Waals surface area contributed by atoms with Gasteiger partial charge < -0.3 is 21.2 Å². The van der Waals surface area contributed by atoms with Gasteiger partial charge in [0.15, 0.2) is 0 Å². The molecule has 4 rings (SSSR count). The van der Waals surface area contributed by atoms with Crippen LogP contribution in [0.15, 0.2) is 0 Å². The van der Waals surface area contributed by atoms with Crippen LogP contribution in [-0.2, 0) is 9.59 Å². The zero-order valence-corrected chi connectivity index (χ0v) is 21.9. The van der Waals surface area contributed by atoms with Gasteiger partial charge in [-0.15, -0.1) is 0 Å². The summed E-state index contributed by atoms with van der Waals surface area (Å²) in [5.74, 6) is 2.37. The van der Waals surface area contributed by atoms with Crippen LogP contribution < -0.4 is 11.3 Å². The fraction of sp³-hybridized carbons (Fsp3) is 0.929. The van der Waals surface area contributed by atoms with E-state index in [-0.39, 0.29) is 41.3 Å². The van der Waals surface area contributed by atoms with Crippen LogP contribution >= 0.6 is 0 Å². The van der Waals surface area contributed by atoms with Crippen molar-refractivity contribution in [2.24, 2.45) is 58.2 Å². The highest BCUT2D eigenvalue weighted by Crippen LogP contribution is 2.68. The molecule has 4 fully saturated rings. The van der Waals surface area contributed by atoms with Crippen molar-refractivity contribution < 1.29 is 19.8 Å². The van der Waals surface area contributed by atoms with E-state index in [0.29, 0.717) is 47.7 Å². The van der Waals surface area contributed by atoms with Crippen molar-refractivity contribution >= 4 is 11.8 Å². The Hall–Kier alpha value is -0.940. The number of quaternary nitrogens is 1. The minimum atomic E-state index is -0.947. The molecular weight excluding hydrogens is 414 g/mol. The van der Waals surface area contributed by atoms with Crippen LogP contribution in [0, 0.1) is 58.2 Å². The average Bonchev–Trinajstić information content (AvgIpc) is 3.07. The lowest BCUT2D eigenvalue weighted by Crippen LogP contribution is -2.61. The normalized spacial score (nSPS) is 45.5. The van der Waals surface area contributed by atoms with Crippen molar-refractivity contribution in [3.63, 3.8) is 0 Å². The second kappa shape index (κ2) is 9.60. The van der Waals surface area contributed by atoms with E-state index < -0.39 is 5.97 Å². The van der Waals surface area contributed by atoms with Crippen molar-refractivity contribution in [3.8, 4) is 0 Å². The fourth-order valence-corrected chi connectivity index (χ4v) is 9.46. The number of aliphatic hydroxyl groups excluding tert-OH is 1. The van der Waals surface area contributed by atoms with Gasteiger partial charge in [-0.05, 0) is 111 Å². The number of hydrogen-bond acceptors (Lipinski definition) is 4. The highest BCUT2D eigenvalue weighted by molar-refractivity contribution is 5.86. The van der Waals surface area contributed by atoms with Gasteiger partial charge in [-0.3, -0.25) is 4.79 Å². The van der Waals surface area contributed by atoms with Crippen LogP contribution in [0.1, 0.15) is 98.8 Å². The third-order valence-corrected chi connectivity index (χ3v) is 11.0. The molecule has 0 spiro atoms. The summed E-state index contributed by atoms with van der Waals surface area (Å²) in [4.78, 5) is 25.3. The molecule has 5 heteroatoms. The SMILES string of the molecule is CC(C)C[C@@H]1C(=O)[C@@H]2[C@H](CC[C@]3(C)[C@@H]([C@H](C)CCC(=O)[O-])CC[C@@H]23)[C@@]2(C)CC[C@@H](O)C[C@@H]12.[NH4+]. The van der Waals surface area contributed by atoms with Crippen molar-refractivity contribution in [1.29, 1.82) is 0 Å². The molecule has 0 heterocycles. The summed E-state index contributed by atoms with van der Waals surface area (Å²) in [5.41, 5.74) is 0.305. The highest BCUT2D eigenvalue weighted by Gasteiger charge is 2.65. The van der Waals surface area contributed by atoms with Gasteiger partial charge in [-0.2, -0.15) is 0 Å². The predicted molar refractivity (Wildman–Crippen MR) is 129 cm³/mol. The van der Waals surface area contributed by atoms with E-state index in [0.717, 1.165) is 51.4 Å². The van der Waals surface area contributed by atoms with Crippen molar-refractivity contribution in [3.05, 3.63) is 0 Å². The molecule has 4 aliphatic rings. The summed E-state index contributed by atoms with van der Waals surface area (Å²) >= 11 is 0. The second-order valence-electron chi connectivity index (χ2n) is 13.0. The van der Waals surface area contributed by atoms with E-state index in [1.807, 2.05) is 0 Å². The third-order valence-electron chi connectivity index (χ3n) is 11.0. The van der Waals surface area contributed by atoms with Crippen LogP contribution in [0.4, 0.5) is 0 Å². The van der Waals surface area contributed by atoms with Gasteiger partial charge in [0.25, 0.3) is 0 Å². The Morgan fingerprint density at radius 2 is 1.67 bits per heavy atom. The molecule has 33 heavy (non-hydrogen) atoms. The molecule has 5 N–H and O–H groups in total. The molecule has 190 valence electrons. The Kier molecular flexibility index (Phi) is 7.76. The summed E-state index contributed by atoms with van der Waals surface area (Å²) in [6.07, 6.45) is 8.77. The molecule has 0 unspecified atom stereocenters. The van der Waals surface area contributed by atoms with Crippen LogP contribution in [0.2, 0.25) is 0 Å². The van der Waals surface area contributed by atoms with Gasteiger partial charge >= 0.3 is 0 Å². The Morgan fingerprint density at radius 1 is 1.03 bits per heavy atom. The molecule has 0 radical (unpaired) electrons. The molecular formula is C28H49NO4. The number of hydrogen-bond donors (Lipinski definition) is 2. The van der Waals surface area contributed by atoms with E-state index in [9.17, 15) is 19.8 Å². The molecule has 0 aromatic carbocycles. The Labute approximate surface area is 201 Å². The molecule has 10 atom stereocenters. The number of carbonyl (C=O) groups excluding carboxylic acids is 2. The summed E-state index contributed by atoms with van der Waals surface area (Å²) in [6.45, 7) is 11.6. The van der Waals surface area contributed by atoms with E-state index in [4.69, 9.17) is 0 Å². The zero-order valence-electron chi connectivity index (χ0n) is 21.9. The van der Waals surface area contributed by atoms with Crippen LogP contribution in [0.5, 0.6) is 0 Å². The maximum atomic E-state index is 14.2. The maximum Gasteiger partial charge on any atom is 0.139 e. The third kappa shape index (κ3) is 4.42. The first-order valence-corrected chi connectivity index (χ1v) is 13.4. The molecule has 0 aromatic heterocycles. The Morgan fingerprint density at radius 3 is 2.30 bits per heavy atom. The largest absolute Gasteiger partial charge is 0.550 e. The summed E-state index contributed by atoms with van der Waals surface area (Å²) in [5, 5.41) is 21.6. The first-order valence-electron chi connectivity index (χ1n) is 13.4. The minimum Gasteiger partial charge on any atom is -0.550 e. The average molecular weight is 464 g/mol. The molecule has 4 saturated carbocycles. The number of aliphatic carboxylic acids is 1. The first-order chi connectivity index (χ1) is 15.0. The van der Waals surface area contributed by atoms with Gasteiger partial charge in [0, 0.05) is 17.8 Å². The summed E-state index contributed by atoms with van der Waals surface area (Å²) in [7, 11) is 0. The van der Waals surface area contributed by atoms with Gasteiger partial charge in [0.2, 0.25) is 0 Å². The van der Waals surface area contributed by atoms with E-state index in [1.165, 1.54) is 0 Å². The highest BCUT2D eigenvalue weighted by atomic mass is 16.4. The topological polar surface area (TPSA) is 114 Å². The second-order valence-corrected chi connectivity index (χ2v) is 13.0. The lowest BCUT2D eigenvalue weighted by atomic mass is 9.41. The van der Waals surface area contributed by atoms with Crippen molar-refractivity contribution in [2.45, 2.75) is 105 Å². The van der Waals surface area contributed by atoms with E-state index in [1.54, 1.807) is 0 Å². The van der Waals surface area contributed by atoms with Gasteiger partial charge in [-0.25, -0.2) is 0 Å². The number of fused-ring (bicyclic) bond motifs is 5. The van der Waals surface area contributed by atoms with Crippen molar-refractivity contribution in [2.75, 3.05) is 0 Å². The predicted octanol–water partition coefficient (Wildman–Crippen LogP) is 5.00. The molecule has 0 saturated heterocycles. The number of ketones is 1. The quantitative estimate of drug-likeness (QED) is 0.577. The van der Waals surface area contributed by atoms with Gasteiger partial charge in [0.05, 0.1) is 6.10 Å². The fourth-order valence-electron chi connectivity index (χ4n) is 9.46. The Balaban J connectivity index is 0.00000306. The lowest BCUT2D eigenvalue weighted by molar-refractivity contribution is -0.306. The molecule has 4 aliphatic carbocycles. The first kappa shape index (κ1) is 26.7. The molecule has 0 bridgehead atoms. The molecule has 0 aromatic rings. The maximum absolute atomic E-state index is 14.2. The smallest absolute Gasteiger partial charge is 0.139 e. The molecule has 0 aliphatic heterocycles. The van der Waals surface area contributed by atoms with E-state index >= 15 is 0 Å². The Bertz CT molecular complexity index is 737. The number of carbonyl (C=O) groups is 2. The number of carboxylic acids is 1. The molecule has 0 amide bonds. The van der Waals surface area contributed by atoms with Crippen LogP contribution in [0.25, 0.3) is 0 Å². The zero-order chi connectivity index (χ0) is 23.4. The van der Waals surface area contributed by atoms with Gasteiger partial charge in [-0.1, -0.05) is 34.6 Å². The van der Waals surface area contributed by atoms with E-state index in [2.05, 4.69) is 34.6 Å². The number of rotatable bonds is 6. The monoisotopic (exact) mass is 463 g/mol. The van der Waals surface area contributed by atoms with Crippen LogP contribution in [-0.4, -0.2) is 23.0 Å². The minimum absolute atomic E-state index is 0. The molecule has 5 nitrogen and oxygen atoms in total. The summed E-state index contributed by atoms with van der Waals surface area (Å²) < 4.78 is 0. The van der Waals surface area contributed by atoms with Gasteiger partial charge in [0.1, 0.15) is 5.78 Å². The number of Topliss-reactive ketones (excluding diaryl/α,β-unsaturated/α-hetero) is 1. The van der Waals surface area contributed by atoms with Crippen LogP contribution in [0.3, 0.4) is 0 Å². The number of aliphatic hydroxyl groups is 1. The van der Waals surface area contributed by atoms with Crippen molar-refractivity contribution in [1.82, 2.24) is 6.15 Å². The number of carboxylic acid groups (broad SMARTS) is 1. The summed E-state index contributed by atoms with van der Waals surface area (Å²) in [6, 6.07) is 0.